The molecule has 1 aliphatic rings. The summed E-state index contributed by atoms with van der Waals surface area (Å²) >= 11 is 5.84. The fraction of sp³-hybridized carbons (Fsp3) is 0.394. The smallest absolute Gasteiger partial charge is 0.417 e. The maximum atomic E-state index is 14.1. The molecule has 248 valence electrons. The molecule has 1 N–H and O–H groups in total. The van der Waals surface area contributed by atoms with Gasteiger partial charge in [-0.1, -0.05) is 60.7 Å². The molecule has 0 bridgehead atoms. The molecule has 13 heteroatoms. The Labute approximate surface area is 272 Å². The summed E-state index contributed by atoms with van der Waals surface area (Å²) in [5.41, 5.74) is -0.269. The van der Waals surface area contributed by atoms with Crippen LogP contribution in [0.1, 0.15) is 55.7 Å². The highest BCUT2D eigenvalue weighted by Crippen LogP contribution is 2.38. The van der Waals surface area contributed by atoms with E-state index in [1.54, 1.807) is 50.2 Å². The normalized spacial score (nSPS) is 14.8. The summed E-state index contributed by atoms with van der Waals surface area (Å²) in [5.74, 6) is -0.628. The van der Waals surface area contributed by atoms with Crippen molar-refractivity contribution in [2.45, 2.75) is 75.7 Å². The average molecular weight is 680 g/mol. The highest BCUT2D eigenvalue weighted by atomic mass is 35.5. The molecule has 0 aliphatic heterocycles. The van der Waals surface area contributed by atoms with Crippen LogP contribution in [0.4, 0.5) is 18.9 Å². The van der Waals surface area contributed by atoms with Crippen molar-refractivity contribution in [2.75, 3.05) is 18.0 Å². The molecule has 1 fully saturated rings. The molecule has 46 heavy (non-hydrogen) atoms. The van der Waals surface area contributed by atoms with Crippen LogP contribution >= 0.6 is 11.6 Å². The van der Waals surface area contributed by atoms with Crippen molar-refractivity contribution in [2.24, 2.45) is 0 Å². The number of nitrogens with one attached hydrogen (secondary N) is 1. The fourth-order valence-corrected chi connectivity index (χ4v) is 6.96. The molecule has 1 aliphatic carbocycles. The number of nitrogens with zero attached hydrogens (tertiary/aromatic N) is 2. The summed E-state index contributed by atoms with van der Waals surface area (Å²) in [6.45, 7) is 2.34. The van der Waals surface area contributed by atoms with Gasteiger partial charge in [-0.2, -0.15) is 13.2 Å². The number of alkyl halides is 3. The summed E-state index contributed by atoms with van der Waals surface area (Å²) < 4.78 is 75.4. The van der Waals surface area contributed by atoms with Crippen LogP contribution in [0.3, 0.4) is 0 Å². The largest absolute Gasteiger partial charge is 0.497 e. The lowest BCUT2D eigenvalue weighted by molar-refractivity contribution is -0.139. The fourth-order valence-electron chi connectivity index (χ4n) is 5.33. The van der Waals surface area contributed by atoms with Crippen LogP contribution in [0.2, 0.25) is 5.02 Å². The molecule has 3 aromatic carbocycles. The average Bonchev–Trinajstić information content (AvgIpc) is 3.02. The van der Waals surface area contributed by atoms with Crippen molar-refractivity contribution in [1.82, 2.24) is 10.2 Å². The maximum Gasteiger partial charge on any atom is 0.417 e. The third kappa shape index (κ3) is 8.52. The monoisotopic (exact) mass is 679 g/mol. The molecular formula is C33H37ClF3N3O5S. The van der Waals surface area contributed by atoms with E-state index >= 15 is 0 Å². The van der Waals surface area contributed by atoms with Gasteiger partial charge in [-0.3, -0.25) is 13.9 Å². The van der Waals surface area contributed by atoms with Crippen molar-refractivity contribution in [3.63, 3.8) is 0 Å². The van der Waals surface area contributed by atoms with Crippen LogP contribution in [0.5, 0.6) is 5.75 Å². The molecule has 8 nitrogen and oxygen atoms in total. The summed E-state index contributed by atoms with van der Waals surface area (Å²) in [6, 6.07) is 14.1. The van der Waals surface area contributed by atoms with Crippen LogP contribution < -0.4 is 14.4 Å². The topological polar surface area (TPSA) is 96.0 Å². The highest BCUT2D eigenvalue weighted by Gasteiger charge is 2.37. The number of hydrogen-bond donors (Lipinski definition) is 1. The Kier molecular flexibility index (Phi) is 11.3. The Balaban J connectivity index is 1.74. The number of carbonyl (C=O) groups is 2. The van der Waals surface area contributed by atoms with Gasteiger partial charge >= 0.3 is 6.18 Å². The number of halogens is 4. The quantitative estimate of drug-likeness (QED) is 0.242. The standard InChI is InChI=1S/C33H37ClF3N3O5S/c1-22-9-16-28(17-10-22)46(43,44)40(26-13-18-30(34)29(19-26)33(35,36)37)21-31(41)39(20-24-11-14-27(45-3)15-12-24)23(2)32(42)38-25-7-5-4-6-8-25/h9-19,23,25H,4-8,20-21H2,1-3H3,(H,38,42)/t23-/m0/s1. The molecule has 0 heterocycles. The Morgan fingerprint density at radius 3 is 2.22 bits per heavy atom. The van der Waals surface area contributed by atoms with E-state index in [1.807, 2.05) is 0 Å². The molecule has 1 saturated carbocycles. The lowest BCUT2D eigenvalue weighted by Crippen LogP contribution is -2.53. The first-order valence-electron chi connectivity index (χ1n) is 14.9. The van der Waals surface area contributed by atoms with Gasteiger partial charge in [-0.05, 0) is 74.7 Å². The van der Waals surface area contributed by atoms with Gasteiger partial charge in [0.25, 0.3) is 10.0 Å². The lowest BCUT2D eigenvalue weighted by atomic mass is 9.95. The van der Waals surface area contributed by atoms with E-state index in [4.69, 9.17) is 16.3 Å². The molecule has 0 aromatic heterocycles. The minimum Gasteiger partial charge on any atom is -0.497 e. The predicted molar refractivity (Wildman–Crippen MR) is 170 cm³/mol. The van der Waals surface area contributed by atoms with Crippen molar-refractivity contribution in [3.05, 3.63) is 88.4 Å². The Morgan fingerprint density at radius 2 is 1.63 bits per heavy atom. The van der Waals surface area contributed by atoms with E-state index in [0.29, 0.717) is 21.7 Å². The second kappa shape index (κ2) is 14.8. The molecule has 2 amide bonds. The first-order valence-corrected chi connectivity index (χ1v) is 16.7. The summed E-state index contributed by atoms with van der Waals surface area (Å²) in [5, 5.41) is 2.39. The van der Waals surface area contributed by atoms with E-state index < -0.39 is 56.9 Å². The van der Waals surface area contributed by atoms with Crippen LogP contribution in [-0.4, -0.2) is 50.9 Å². The summed E-state index contributed by atoms with van der Waals surface area (Å²) in [7, 11) is -3.06. The van der Waals surface area contributed by atoms with Gasteiger partial charge in [0.1, 0.15) is 18.3 Å². The molecule has 0 saturated heterocycles. The van der Waals surface area contributed by atoms with E-state index in [0.717, 1.165) is 49.8 Å². The van der Waals surface area contributed by atoms with Gasteiger partial charge in [0.05, 0.1) is 28.3 Å². The summed E-state index contributed by atoms with van der Waals surface area (Å²) in [4.78, 5) is 28.6. The SMILES string of the molecule is COc1ccc(CN(C(=O)CN(c2ccc(Cl)c(C(F)(F)F)c2)S(=O)(=O)c2ccc(C)cc2)[C@@H](C)C(=O)NC2CCCCC2)cc1. The maximum absolute atomic E-state index is 14.1. The molecule has 3 aromatic rings. The van der Waals surface area contributed by atoms with E-state index in [9.17, 15) is 31.2 Å². The van der Waals surface area contributed by atoms with E-state index in [1.165, 1.54) is 24.1 Å². The Hall–Kier alpha value is -3.77. The third-order valence-electron chi connectivity index (χ3n) is 8.06. The second-order valence-corrected chi connectivity index (χ2v) is 13.6. The van der Waals surface area contributed by atoms with Crippen molar-refractivity contribution >= 4 is 39.1 Å². The van der Waals surface area contributed by atoms with Crippen molar-refractivity contribution in [1.29, 1.82) is 0 Å². The number of ether oxygens (including phenoxy) is 1. The molecular weight excluding hydrogens is 643 g/mol. The first kappa shape index (κ1) is 35.1. The van der Waals surface area contributed by atoms with E-state index in [2.05, 4.69) is 5.32 Å². The van der Waals surface area contributed by atoms with Crippen LogP contribution in [0.25, 0.3) is 0 Å². The van der Waals surface area contributed by atoms with Crippen LogP contribution in [-0.2, 0) is 32.3 Å². The zero-order valence-corrected chi connectivity index (χ0v) is 27.4. The Bertz CT molecular complexity index is 1630. The zero-order chi connectivity index (χ0) is 33.6. The number of hydrogen-bond acceptors (Lipinski definition) is 5. The number of rotatable bonds is 11. The molecule has 0 unspecified atom stereocenters. The molecule has 0 radical (unpaired) electrons. The van der Waals surface area contributed by atoms with Gasteiger partial charge in [0.2, 0.25) is 11.8 Å². The number of sulfonamides is 1. The number of benzene rings is 3. The highest BCUT2D eigenvalue weighted by molar-refractivity contribution is 7.92. The van der Waals surface area contributed by atoms with Crippen molar-refractivity contribution < 1.29 is 35.9 Å². The summed E-state index contributed by atoms with van der Waals surface area (Å²) in [6.07, 6.45) is -0.239. The van der Waals surface area contributed by atoms with Gasteiger partial charge in [0, 0.05) is 12.6 Å². The number of amides is 2. The van der Waals surface area contributed by atoms with Gasteiger partial charge in [0.15, 0.2) is 0 Å². The van der Waals surface area contributed by atoms with Gasteiger partial charge in [-0.15, -0.1) is 0 Å². The van der Waals surface area contributed by atoms with Crippen LogP contribution in [0.15, 0.2) is 71.6 Å². The number of carbonyl (C=O) groups excluding carboxylic acids is 2. The number of anilines is 1. The second-order valence-electron chi connectivity index (χ2n) is 11.4. The van der Waals surface area contributed by atoms with Gasteiger partial charge < -0.3 is 15.0 Å². The minimum absolute atomic E-state index is 0.0464. The number of methoxy groups -OCH3 is 1. The first-order chi connectivity index (χ1) is 21.7. The zero-order valence-electron chi connectivity index (χ0n) is 25.8. The van der Waals surface area contributed by atoms with E-state index in [-0.39, 0.29) is 17.5 Å². The van der Waals surface area contributed by atoms with Crippen molar-refractivity contribution in [3.8, 4) is 5.75 Å². The van der Waals surface area contributed by atoms with Gasteiger partial charge in [-0.25, -0.2) is 8.42 Å². The molecule has 4 rings (SSSR count). The molecule has 0 spiro atoms. The molecule has 1 atom stereocenters. The minimum atomic E-state index is -4.89. The third-order valence-corrected chi connectivity index (χ3v) is 10.2. The predicted octanol–water partition coefficient (Wildman–Crippen LogP) is 6.74. The lowest BCUT2D eigenvalue weighted by Gasteiger charge is -2.33. The van der Waals surface area contributed by atoms with Crippen LogP contribution in [0, 0.1) is 6.92 Å². The Morgan fingerprint density at radius 1 is 1.00 bits per heavy atom. The number of aryl methyl sites for hydroxylation is 1.